The van der Waals surface area contributed by atoms with E-state index in [0.717, 1.165) is 12.8 Å². The maximum Gasteiger partial charge on any atom is 0.0512 e. The Morgan fingerprint density at radius 2 is 0.812 bits per heavy atom. The van der Waals surface area contributed by atoms with Crippen molar-refractivity contribution in [3.63, 3.8) is 0 Å². The van der Waals surface area contributed by atoms with E-state index in [1.165, 1.54) is 51.4 Å². The molecule has 0 aliphatic heterocycles. The van der Waals surface area contributed by atoms with Crippen LogP contribution in [-0.4, -0.2) is 22.4 Å². The molecule has 0 aliphatic carbocycles. The fourth-order valence-corrected chi connectivity index (χ4v) is 1.94. The maximum atomic E-state index is 9.08. The van der Waals surface area contributed by atoms with Crippen LogP contribution in [0.5, 0.6) is 0 Å². The Hall–Kier alpha value is -0.0800. The van der Waals surface area contributed by atoms with Crippen LogP contribution in [0.25, 0.3) is 0 Å². The lowest BCUT2D eigenvalue weighted by atomic mass is 10.0. The van der Waals surface area contributed by atoms with Crippen molar-refractivity contribution in [2.45, 2.75) is 90.3 Å². The van der Waals surface area contributed by atoms with Crippen molar-refractivity contribution in [2.24, 2.45) is 0 Å². The molecule has 16 heavy (non-hydrogen) atoms. The zero-order chi connectivity index (χ0) is 12.2. The Kier molecular flexibility index (Phi) is 11.3. The van der Waals surface area contributed by atoms with E-state index in [0.29, 0.717) is 0 Å². The molecule has 0 spiro atoms. The Labute approximate surface area is 101 Å². The second-order valence-corrected chi connectivity index (χ2v) is 5.10. The van der Waals surface area contributed by atoms with E-state index in [1.54, 1.807) is 0 Å². The van der Waals surface area contributed by atoms with Crippen molar-refractivity contribution in [2.75, 3.05) is 0 Å². The van der Waals surface area contributed by atoms with Crippen LogP contribution >= 0.6 is 0 Å². The van der Waals surface area contributed by atoms with Crippen molar-refractivity contribution < 1.29 is 10.2 Å². The Bertz CT molecular complexity index is 117. The molecule has 2 nitrogen and oxygen atoms in total. The van der Waals surface area contributed by atoms with Gasteiger partial charge in [-0.25, -0.2) is 0 Å². The molecule has 0 rings (SSSR count). The fraction of sp³-hybridized carbons (Fsp3) is 1.00. The van der Waals surface area contributed by atoms with Gasteiger partial charge >= 0.3 is 0 Å². The molecule has 2 atom stereocenters. The molecule has 0 radical (unpaired) electrons. The van der Waals surface area contributed by atoms with Gasteiger partial charge in [0.25, 0.3) is 0 Å². The summed E-state index contributed by atoms with van der Waals surface area (Å²) in [6.07, 6.45) is 11.8. The van der Waals surface area contributed by atoms with Crippen LogP contribution in [0.1, 0.15) is 78.1 Å². The molecule has 0 aromatic carbocycles. The number of unbranched alkanes of at least 4 members (excludes halogenated alkanes) is 7. The Morgan fingerprint density at radius 1 is 0.562 bits per heavy atom. The van der Waals surface area contributed by atoms with Crippen LogP contribution in [0.3, 0.4) is 0 Å². The van der Waals surface area contributed by atoms with Crippen LogP contribution in [-0.2, 0) is 0 Å². The molecular formula is C14H30O2. The summed E-state index contributed by atoms with van der Waals surface area (Å²) < 4.78 is 0. The first-order valence-corrected chi connectivity index (χ1v) is 6.99. The molecule has 98 valence electrons. The molecule has 0 unspecified atom stereocenters. The first kappa shape index (κ1) is 15.9. The highest BCUT2D eigenvalue weighted by molar-refractivity contribution is 4.51. The fourth-order valence-electron chi connectivity index (χ4n) is 1.94. The summed E-state index contributed by atoms with van der Waals surface area (Å²) in [6.45, 7) is 3.73. The van der Waals surface area contributed by atoms with Crippen LogP contribution in [0.4, 0.5) is 0 Å². The highest BCUT2D eigenvalue weighted by atomic mass is 16.3. The second-order valence-electron chi connectivity index (χ2n) is 5.10. The van der Waals surface area contributed by atoms with Crippen LogP contribution < -0.4 is 0 Å². The third-order valence-corrected chi connectivity index (χ3v) is 2.99. The van der Waals surface area contributed by atoms with E-state index < -0.39 is 0 Å². The highest BCUT2D eigenvalue weighted by Gasteiger charge is 1.97. The van der Waals surface area contributed by atoms with Crippen molar-refractivity contribution in [3.05, 3.63) is 0 Å². The topological polar surface area (TPSA) is 40.5 Å². The molecule has 0 fully saturated rings. The molecule has 0 amide bonds. The summed E-state index contributed by atoms with van der Waals surface area (Å²) in [4.78, 5) is 0. The van der Waals surface area contributed by atoms with Gasteiger partial charge in [-0.1, -0.05) is 51.4 Å². The first-order chi connectivity index (χ1) is 7.63. The number of aliphatic hydroxyl groups is 2. The minimum atomic E-state index is -0.125. The van der Waals surface area contributed by atoms with E-state index in [4.69, 9.17) is 10.2 Å². The van der Waals surface area contributed by atoms with E-state index in [-0.39, 0.29) is 12.2 Å². The van der Waals surface area contributed by atoms with Gasteiger partial charge < -0.3 is 10.2 Å². The largest absolute Gasteiger partial charge is 0.393 e. The third kappa shape index (κ3) is 13.9. The van der Waals surface area contributed by atoms with Gasteiger partial charge in [-0.05, 0) is 26.7 Å². The Morgan fingerprint density at radius 3 is 1.06 bits per heavy atom. The molecule has 2 N–H and O–H groups in total. The number of hydrogen-bond donors (Lipinski definition) is 2. The molecular weight excluding hydrogens is 200 g/mol. The smallest absolute Gasteiger partial charge is 0.0512 e. The minimum absolute atomic E-state index is 0.125. The van der Waals surface area contributed by atoms with Crippen LogP contribution in [0.15, 0.2) is 0 Å². The average Bonchev–Trinajstić information content (AvgIpc) is 2.20. The van der Waals surface area contributed by atoms with Crippen molar-refractivity contribution in [3.8, 4) is 0 Å². The quantitative estimate of drug-likeness (QED) is 0.532. The Balaban J connectivity index is 2.93. The lowest BCUT2D eigenvalue weighted by Gasteiger charge is -2.05. The van der Waals surface area contributed by atoms with Gasteiger partial charge in [0.1, 0.15) is 0 Å². The van der Waals surface area contributed by atoms with Crippen molar-refractivity contribution in [1.82, 2.24) is 0 Å². The summed E-state index contributed by atoms with van der Waals surface area (Å²) >= 11 is 0. The van der Waals surface area contributed by atoms with E-state index in [1.807, 2.05) is 13.8 Å². The van der Waals surface area contributed by atoms with Crippen LogP contribution in [0, 0.1) is 0 Å². The highest BCUT2D eigenvalue weighted by Crippen LogP contribution is 2.11. The molecule has 0 aromatic rings. The normalized spacial score (nSPS) is 15.0. The summed E-state index contributed by atoms with van der Waals surface area (Å²) in [6, 6.07) is 0. The van der Waals surface area contributed by atoms with Gasteiger partial charge in [-0.2, -0.15) is 0 Å². The zero-order valence-corrected chi connectivity index (χ0v) is 11.1. The maximum absolute atomic E-state index is 9.08. The standard InChI is InChI=1S/C14H30O2/c1-13(15)11-9-7-5-3-4-6-8-10-12-14(2)16/h13-16H,3-12H2,1-2H3/t13-,14-/m0/s1. The van der Waals surface area contributed by atoms with Crippen LogP contribution in [0.2, 0.25) is 0 Å². The third-order valence-electron chi connectivity index (χ3n) is 2.99. The molecule has 0 saturated carbocycles. The lowest BCUT2D eigenvalue weighted by Crippen LogP contribution is -1.98. The van der Waals surface area contributed by atoms with Gasteiger partial charge in [0, 0.05) is 0 Å². The number of hydrogen-bond acceptors (Lipinski definition) is 2. The summed E-state index contributed by atoms with van der Waals surface area (Å²) in [7, 11) is 0. The summed E-state index contributed by atoms with van der Waals surface area (Å²) in [5.74, 6) is 0. The number of rotatable bonds is 11. The molecule has 2 heteroatoms. The predicted molar refractivity (Wildman–Crippen MR) is 69.5 cm³/mol. The van der Waals surface area contributed by atoms with E-state index >= 15 is 0 Å². The first-order valence-electron chi connectivity index (χ1n) is 6.99. The predicted octanol–water partition coefficient (Wildman–Crippen LogP) is 3.65. The minimum Gasteiger partial charge on any atom is -0.393 e. The van der Waals surface area contributed by atoms with E-state index in [9.17, 15) is 0 Å². The molecule has 0 heterocycles. The zero-order valence-electron chi connectivity index (χ0n) is 11.1. The summed E-state index contributed by atoms with van der Waals surface area (Å²) in [5, 5.41) is 18.2. The molecule has 0 bridgehead atoms. The number of aliphatic hydroxyl groups excluding tert-OH is 2. The van der Waals surface area contributed by atoms with Gasteiger partial charge in [-0.3, -0.25) is 0 Å². The van der Waals surface area contributed by atoms with Crippen molar-refractivity contribution >= 4 is 0 Å². The SMILES string of the molecule is C[C@H](O)CCCCCCCCCC[C@H](C)O. The van der Waals surface area contributed by atoms with E-state index in [2.05, 4.69) is 0 Å². The molecule has 0 saturated heterocycles. The van der Waals surface area contributed by atoms with Gasteiger partial charge in [0.2, 0.25) is 0 Å². The van der Waals surface area contributed by atoms with Crippen molar-refractivity contribution in [1.29, 1.82) is 0 Å². The lowest BCUT2D eigenvalue weighted by molar-refractivity contribution is 0.179. The molecule has 0 aliphatic rings. The molecule has 0 aromatic heterocycles. The second kappa shape index (κ2) is 11.4. The average molecular weight is 230 g/mol. The summed E-state index contributed by atoms with van der Waals surface area (Å²) in [5.41, 5.74) is 0. The monoisotopic (exact) mass is 230 g/mol. The van der Waals surface area contributed by atoms with Gasteiger partial charge in [0.15, 0.2) is 0 Å². The van der Waals surface area contributed by atoms with Gasteiger partial charge in [-0.15, -0.1) is 0 Å². The van der Waals surface area contributed by atoms with Gasteiger partial charge in [0.05, 0.1) is 12.2 Å².